The van der Waals surface area contributed by atoms with Gasteiger partial charge in [0.2, 0.25) is 0 Å². The van der Waals surface area contributed by atoms with E-state index in [0.717, 1.165) is 29.0 Å². The van der Waals surface area contributed by atoms with Crippen molar-refractivity contribution in [2.45, 2.75) is 39.4 Å². The highest BCUT2D eigenvalue weighted by atomic mass is 16.3. The first-order valence-corrected chi connectivity index (χ1v) is 11.4. The third-order valence-electron chi connectivity index (χ3n) is 6.36. The molecule has 0 bridgehead atoms. The summed E-state index contributed by atoms with van der Waals surface area (Å²) in [5, 5.41) is 0. The number of imidazole rings is 1. The Morgan fingerprint density at radius 1 is 1.06 bits per heavy atom. The highest BCUT2D eigenvalue weighted by Crippen LogP contribution is 2.25. The van der Waals surface area contributed by atoms with Crippen molar-refractivity contribution in [1.82, 2.24) is 25.3 Å². The van der Waals surface area contributed by atoms with Crippen LogP contribution in [0.5, 0.6) is 0 Å². The van der Waals surface area contributed by atoms with Crippen LogP contribution in [0.2, 0.25) is 0 Å². The predicted octanol–water partition coefficient (Wildman–Crippen LogP) is 2.99. The van der Waals surface area contributed by atoms with E-state index in [0.29, 0.717) is 17.5 Å². The van der Waals surface area contributed by atoms with Crippen LogP contribution in [0.3, 0.4) is 0 Å². The largest absolute Gasteiger partial charge is 0.459 e. The van der Waals surface area contributed by atoms with Crippen molar-refractivity contribution in [2.75, 3.05) is 0 Å². The van der Waals surface area contributed by atoms with Crippen molar-refractivity contribution in [2.24, 2.45) is 0 Å². The summed E-state index contributed by atoms with van der Waals surface area (Å²) in [6.45, 7) is 4.99. The van der Waals surface area contributed by atoms with Crippen molar-refractivity contribution >= 4 is 28.8 Å². The molecular weight excluding hydrogens is 446 g/mol. The Morgan fingerprint density at radius 3 is 2.60 bits per heavy atom. The molecule has 3 heterocycles. The van der Waals surface area contributed by atoms with E-state index >= 15 is 0 Å². The zero-order chi connectivity index (χ0) is 24.5. The molecule has 9 nitrogen and oxygen atoms in total. The summed E-state index contributed by atoms with van der Waals surface area (Å²) in [6.07, 6.45) is 1.74. The molecule has 0 radical (unpaired) electrons. The first-order valence-electron chi connectivity index (χ1n) is 11.4. The number of benzene rings is 2. The topological polar surface area (TPSA) is 109 Å². The lowest BCUT2D eigenvalue weighted by molar-refractivity contribution is -0.127. The summed E-state index contributed by atoms with van der Waals surface area (Å²) in [5.74, 6) is -0.319. The van der Waals surface area contributed by atoms with Gasteiger partial charge in [-0.3, -0.25) is 25.2 Å². The number of furan rings is 1. The number of amides is 3. The summed E-state index contributed by atoms with van der Waals surface area (Å²) in [7, 11) is 0. The molecule has 0 saturated carbocycles. The van der Waals surface area contributed by atoms with Crippen LogP contribution in [0.4, 0.5) is 0 Å². The van der Waals surface area contributed by atoms with Crippen LogP contribution in [-0.4, -0.2) is 38.2 Å². The smallest absolute Gasteiger partial charge is 0.290 e. The molecule has 1 atom stereocenters. The van der Waals surface area contributed by atoms with Gasteiger partial charge in [-0.15, -0.1) is 0 Å². The summed E-state index contributed by atoms with van der Waals surface area (Å²) in [5.41, 5.74) is 8.95. The van der Waals surface area contributed by atoms with Gasteiger partial charge in [-0.2, -0.15) is 0 Å². The molecule has 9 heteroatoms. The summed E-state index contributed by atoms with van der Waals surface area (Å²) < 4.78 is 7.33. The number of nitrogens with one attached hydrogen (secondary N) is 2. The second kappa shape index (κ2) is 9.09. The normalized spacial score (nSPS) is 15.0. The third-order valence-corrected chi connectivity index (χ3v) is 6.36. The minimum Gasteiger partial charge on any atom is -0.459 e. The molecule has 3 amide bonds. The number of hydrogen-bond acceptors (Lipinski definition) is 5. The summed E-state index contributed by atoms with van der Waals surface area (Å²) in [4.78, 5) is 45.0. The van der Waals surface area contributed by atoms with Gasteiger partial charge >= 0.3 is 0 Å². The molecule has 4 aromatic rings. The van der Waals surface area contributed by atoms with Gasteiger partial charge < -0.3 is 13.9 Å². The molecule has 2 aromatic carbocycles. The quantitative estimate of drug-likeness (QED) is 0.445. The van der Waals surface area contributed by atoms with Crippen LogP contribution in [0.1, 0.15) is 44.8 Å². The Labute approximate surface area is 201 Å². The average molecular weight is 472 g/mol. The number of nitrogens with zero attached hydrogens (tertiary/aromatic N) is 3. The maximum absolute atomic E-state index is 13.2. The lowest BCUT2D eigenvalue weighted by Crippen LogP contribution is -2.56. The number of carbonyl (C=O) groups is 3. The average Bonchev–Trinajstić information content (AvgIpc) is 3.52. The third kappa shape index (κ3) is 4.16. The van der Waals surface area contributed by atoms with Gasteiger partial charge in [0.25, 0.3) is 17.7 Å². The van der Waals surface area contributed by atoms with Crippen molar-refractivity contribution in [1.29, 1.82) is 0 Å². The number of carbonyl (C=O) groups excluding carboxylic acids is 3. The molecule has 0 spiro atoms. The van der Waals surface area contributed by atoms with E-state index in [-0.39, 0.29) is 18.2 Å². The predicted molar refractivity (Wildman–Crippen MR) is 128 cm³/mol. The van der Waals surface area contributed by atoms with Gasteiger partial charge in [-0.1, -0.05) is 24.3 Å². The standard InChI is InChI=1S/C26H25N5O4/c1-3-30-16(2)27-20-13-18(10-11-21(20)30)24(32)28-29-25(33)22-14-17-7-4-5-8-19(17)15-31(22)26(34)23-9-6-12-35-23/h4-13,22H,3,14-15H2,1-2H3,(H,28,32)(H,29,33). The molecule has 178 valence electrons. The second-order valence-electron chi connectivity index (χ2n) is 8.45. The van der Waals surface area contributed by atoms with E-state index in [9.17, 15) is 14.4 Å². The number of rotatable bonds is 4. The molecule has 5 rings (SSSR count). The zero-order valence-corrected chi connectivity index (χ0v) is 19.4. The van der Waals surface area contributed by atoms with Crippen molar-refractivity contribution in [3.63, 3.8) is 0 Å². The first kappa shape index (κ1) is 22.4. The van der Waals surface area contributed by atoms with Crippen LogP contribution in [0, 0.1) is 6.92 Å². The summed E-state index contributed by atoms with van der Waals surface area (Å²) in [6, 6.07) is 15.3. The van der Waals surface area contributed by atoms with Gasteiger partial charge in [0.05, 0.1) is 17.3 Å². The molecule has 2 N–H and O–H groups in total. The molecule has 1 aliphatic rings. The van der Waals surface area contributed by atoms with Gasteiger partial charge in [-0.05, 0) is 55.3 Å². The number of hydrogen-bond donors (Lipinski definition) is 2. The van der Waals surface area contributed by atoms with E-state index < -0.39 is 17.9 Å². The molecular formula is C26H25N5O4. The maximum atomic E-state index is 13.2. The zero-order valence-electron chi connectivity index (χ0n) is 19.4. The fourth-order valence-corrected chi connectivity index (χ4v) is 4.58. The van der Waals surface area contributed by atoms with Crippen LogP contribution in [0.15, 0.2) is 65.3 Å². The minimum absolute atomic E-state index is 0.154. The number of fused-ring (bicyclic) bond motifs is 2. The van der Waals surface area contributed by atoms with E-state index in [1.165, 1.54) is 11.2 Å². The SMILES string of the molecule is CCn1c(C)nc2cc(C(=O)NNC(=O)C3Cc4ccccc4CN3C(=O)c3ccco3)ccc21. The van der Waals surface area contributed by atoms with Crippen molar-refractivity contribution in [3.8, 4) is 0 Å². The maximum Gasteiger partial charge on any atom is 0.290 e. The fourth-order valence-electron chi connectivity index (χ4n) is 4.58. The molecule has 2 aromatic heterocycles. The summed E-state index contributed by atoms with van der Waals surface area (Å²) >= 11 is 0. The van der Waals surface area contributed by atoms with E-state index in [2.05, 4.69) is 20.4 Å². The van der Waals surface area contributed by atoms with Crippen LogP contribution in [0.25, 0.3) is 11.0 Å². The van der Waals surface area contributed by atoms with E-state index in [1.54, 1.807) is 24.3 Å². The molecule has 0 fully saturated rings. The van der Waals surface area contributed by atoms with E-state index in [1.807, 2.05) is 44.2 Å². The second-order valence-corrected chi connectivity index (χ2v) is 8.45. The Kier molecular flexibility index (Phi) is 5.82. The highest BCUT2D eigenvalue weighted by molar-refractivity contribution is 6.00. The van der Waals surface area contributed by atoms with Crippen molar-refractivity contribution < 1.29 is 18.8 Å². The number of hydrazine groups is 1. The van der Waals surface area contributed by atoms with E-state index in [4.69, 9.17) is 4.42 Å². The number of aromatic nitrogens is 2. The molecule has 1 aliphatic heterocycles. The molecule has 0 aliphatic carbocycles. The van der Waals surface area contributed by atoms with Gasteiger partial charge in [0, 0.05) is 25.1 Å². The highest BCUT2D eigenvalue weighted by Gasteiger charge is 2.36. The van der Waals surface area contributed by atoms with Crippen LogP contribution >= 0.6 is 0 Å². The minimum atomic E-state index is -0.812. The Morgan fingerprint density at radius 2 is 1.86 bits per heavy atom. The first-order chi connectivity index (χ1) is 17.0. The molecule has 0 saturated heterocycles. The Balaban J connectivity index is 1.33. The lowest BCUT2D eigenvalue weighted by atomic mass is 9.93. The van der Waals surface area contributed by atoms with Crippen LogP contribution < -0.4 is 10.9 Å². The van der Waals surface area contributed by atoms with Gasteiger partial charge in [-0.25, -0.2) is 4.98 Å². The Bertz CT molecular complexity index is 1420. The molecule has 35 heavy (non-hydrogen) atoms. The Hall–Kier alpha value is -4.40. The van der Waals surface area contributed by atoms with Crippen molar-refractivity contribution in [3.05, 3.63) is 89.1 Å². The fraction of sp³-hybridized carbons (Fsp3) is 0.231. The number of aryl methyl sites for hydroxylation is 2. The molecule has 1 unspecified atom stereocenters. The van der Waals surface area contributed by atoms with Gasteiger partial charge in [0.15, 0.2) is 5.76 Å². The monoisotopic (exact) mass is 471 g/mol. The van der Waals surface area contributed by atoms with Gasteiger partial charge in [0.1, 0.15) is 11.9 Å². The van der Waals surface area contributed by atoms with Crippen LogP contribution in [-0.2, 0) is 24.3 Å². The lowest BCUT2D eigenvalue weighted by Gasteiger charge is -2.35.